The fourth-order valence-corrected chi connectivity index (χ4v) is 2.69. The molecule has 0 radical (unpaired) electrons. The molecule has 1 aliphatic heterocycles. The molecule has 1 atom stereocenters. The van der Waals surface area contributed by atoms with Crippen LogP contribution in [0.15, 0.2) is 30.9 Å². The van der Waals surface area contributed by atoms with Gasteiger partial charge in [0.1, 0.15) is 0 Å². The Hall–Kier alpha value is -2.03. The van der Waals surface area contributed by atoms with Crippen molar-refractivity contribution in [2.45, 2.75) is 18.8 Å². The van der Waals surface area contributed by atoms with Gasteiger partial charge in [0, 0.05) is 37.6 Å². The Morgan fingerprint density at radius 2 is 2.04 bits per heavy atom. The van der Waals surface area contributed by atoms with Gasteiger partial charge in [-0.2, -0.15) is 0 Å². The van der Waals surface area contributed by atoms with Crippen molar-refractivity contribution < 1.29 is 4.79 Å². The van der Waals surface area contributed by atoms with Crippen LogP contribution in [0, 0.1) is 0 Å². The van der Waals surface area contributed by atoms with Crippen molar-refractivity contribution in [3.05, 3.63) is 36.5 Å². The van der Waals surface area contributed by atoms with E-state index in [4.69, 9.17) is 5.73 Å². The summed E-state index contributed by atoms with van der Waals surface area (Å²) in [6, 6.07) is 1.75. The number of aromatic nitrogens is 4. The molecule has 0 aliphatic carbocycles. The molecule has 2 aromatic heterocycles. The van der Waals surface area contributed by atoms with Gasteiger partial charge in [-0.3, -0.25) is 9.78 Å². The van der Waals surface area contributed by atoms with Crippen molar-refractivity contribution in [1.82, 2.24) is 24.8 Å². The van der Waals surface area contributed by atoms with Crippen LogP contribution in [0.2, 0.25) is 0 Å². The number of likely N-dealkylation sites (tertiary alicyclic amines) is 1. The third-order valence-corrected chi connectivity index (χ3v) is 3.83. The lowest BCUT2D eigenvalue weighted by molar-refractivity contribution is -0.130. The second-order valence-corrected chi connectivity index (χ2v) is 5.41. The quantitative estimate of drug-likeness (QED) is 0.820. The summed E-state index contributed by atoms with van der Waals surface area (Å²) in [5.74, 6) is 1.22. The highest BCUT2D eigenvalue weighted by Crippen LogP contribution is 2.26. The highest BCUT2D eigenvalue weighted by molar-refractivity contribution is 5.85. The van der Waals surface area contributed by atoms with Crippen molar-refractivity contribution in [2.24, 2.45) is 5.73 Å². The molecule has 3 rings (SSSR count). The summed E-state index contributed by atoms with van der Waals surface area (Å²) in [4.78, 5) is 30.6. The van der Waals surface area contributed by atoms with Gasteiger partial charge < -0.3 is 16.0 Å². The topological polar surface area (TPSA) is 110 Å². The summed E-state index contributed by atoms with van der Waals surface area (Å²) >= 11 is 0. The van der Waals surface area contributed by atoms with Crippen LogP contribution in [-0.4, -0.2) is 50.4 Å². The Bertz CT molecular complexity index is 674. The SMILES string of the molecule is Cl.Cl.NCC(=O)N1CCCC(c2cncc(Nc3ncccn3)n2)C1. The van der Waals surface area contributed by atoms with Crippen molar-refractivity contribution in [1.29, 1.82) is 0 Å². The van der Waals surface area contributed by atoms with Gasteiger partial charge in [0.05, 0.1) is 18.4 Å². The zero-order valence-electron chi connectivity index (χ0n) is 13.5. The first-order valence-corrected chi connectivity index (χ1v) is 7.60. The van der Waals surface area contributed by atoms with E-state index < -0.39 is 0 Å². The molecule has 1 aliphatic rings. The number of nitrogens with zero attached hydrogens (tertiary/aromatic N) is 5. The minimum Gasteiger partial charge on any atom is -0.341 e. The van der Waals surface area contributed by atoms with E-state index >= 15 is 0 Å². The van der Waals surface area contributed by atoms with E-state index in [0.717, 1.165) is 25.1 Å². The fraction of sp³-hybridized carbons (Fsp3) is 0.400. The number of hydrogen-bond donors (Lipinski definition) is 2. The lowest BCUT2D eigenvalue weighted by atomic mass is 9.95. The number of anilines is 2. The Kier molecular flexibility index (Phi) is 8.47. The van der Waals surface area contributed by atoms with E-state index in [-0.39, 0.29) is 43.2 Å². The number of rotatable bonds is 4. The largest absolute Gasteiger partial charge is 0.341 e. The van der Waals surface area contributed by atoms with Gasteiger partial charge in [0.2, 0.25) is 11.9 Å². The van der Waals surface area contributed by atoms with E-state index in [0.29, 0.717) is 18.3 Å². The normalized spacial score (nSPS) is 16.4. The average molecular weight is 386 g/mol. The Morgan fingerprint density at radius 3 is 2.76 bits per heavy atom. The monoisotopic (exact) mass is 385 g/mol. The van der Waals surface area contributed by atoms with Gasteiger partial charge in [-0.1, -0.05) is 0 Å². The van der Waals surface area contributed by atoms with Gasteiger partial charge in [0.15, 0.2) is 5.82 Å². The van der Waals surface area contributed by atoms with Crippen LogP contribution in [0.1, 0.15) is 24.5 Å². The number of amides is 1. The lowest BCUT2D eigenvalue weighted by Crippen LogP contribution is -2.42. The lowest BCUT2D eigenvalue weighted by Gasteiger charge is -2.32. The standard InChI is InChI=1S/C15H19N7O.2ClH/c16-7-14(23)22-6-1-3-11(10-22)12-8-17-9-13(20-12)21-15-18-4-2-5-19-15;;/h2,4-5,8-9,11H,1,3,6-7,10,16H2,(H,18,19,20,21);2*1H. The van der Waals surface area contributed by atoms with Crippen LogP contribution in [0.5, 0.6) is 0 Å². The summed E-state index contributed by atoms with van der Waals surface area (Å²) < 4.78 is 0. The number of hydrogen-bond acceptors (Lipinski definition) is 7. The summed E-state index contributed by atoms with van der Waals surface area (Å²) in [5.41, 5.74) is 6.32. The minimum atomic E-state index is -0.0189. The smallest absolute Gasteiger partial charge is 0.236 e. The molecule has 3 heterocycles. The molecule has 8 nitrogen and oxygen atoms in total. The number of piperidine rings is 1. The zero-order chi connectivity index (χ0) is 16.1. The number of carbonyl (C=O) groups excluding carboxylic acids is 1. The molecular formula is C15H21Cl2N7O. The van der Waals surface area contributed by atoms with Crippen LogP contribution in [-0.2, 0) is 4.79 Å². The molecule has 1 saturated heterocycles. The van der Waals surface area contributed by atoms with Gasteiger partial charge in [-0.05, 0) is 18.9 Å². The summed E-state index contributed by atoms with van der Waals surface area (Å²) in [5, 5.41) is 3.03. The highest BCUT2D eigenvalue weighted by Gasteiger charge is 2.25. The van der Waals surface area contributed by atoms with E-state index in [1.165, 1.54) is 0 Å². The molecule has 136 valence electrons. The molecular weight excluding hydrogens is 365 g/mol. The fourth-order valence-electron chi connectivity index (χ4n) is 2.69. The number of nitrogens with two attached hydrogens (primary N) is 1. The van der Waals surface area contributed by atoms with Gasteiger partial charge >= 0.3 is 0 Å². The molecule has 0 bridgehead atoms. The number of carbonyl (C=O) groups is 1. The molecule has 25 heavy (non-hydrogen) atoms. The van der Waals surface area contributed by atoms with Gasteiger partial charge in [0.25, 0.3) is 0 Å². The number of halogens is 2. The van der Waals surface area contributed by atoms with E-state index in [1.54, 1.807) is 35.8 Å². The maximum atomic E-state index is 11.8. The maximum Gasteiger partial charge on any atom is 0.236 e. The second-order valence-electron chi connectivity index (χ2n) is 5.41. The zero-order valence-corrected chi connectivity index (χ0v) is 15.2. The molecule has 0 saturated carbocycles. The number of nitrogens with one attached hydrogen (secondary N) is 1. The first-order chi connectivity index (χ1) is 11.3. The highest BCUT2D eigenvalue weighted by atomic mass is 35.5. The Morgan fingerprint density at radius 1 is 1.28 bits per heavy atom. The third kappa shape index (κ3) is 5.48. The molecule has 0 aromatic carbocycles. The minimum absolute atomic E-state index is 0. The molecule has 2 aromatic rings. The first kappa shape index (κ1) is 21.0. The van der Waals surface area contributed by atoms with Crippen LogP contribution < -0.4 is 11.1 Å². The maximum absolute atomic E-state index is 11.8. The van der Waals surface area contributed by atoms with Gasteiger partial charge in [-0.15, -0.1) is 24.8 Å². The van der Waals surface area contributed by atoms with Crippen LogP contribution in [0.25, 0.3) is 0 Å². The second kappa shape index (κ2) is 10.1. The molecule has 10 heteroatoms. The molecule has 1 fully saturated rings. The molecule has 3 N–H and O–H groups in total. The van der Waals surface area contributed by atoms with E-state index in [9.17, 15) is 4.79 Å². The summed E-state index contributed by atoms with van der Waals surface area (Å²) in [7, 11) is 0. The van der Waals surface area contributed by atoms with Crippen LogP contribution >= 0.6 is 24.8 Å². The predicted octanol–water partition coefficient (Wildman–Crippen LogP) is 1.52. The van der Waals surface area contributed by atoms with Crippen LogP contribution in [0.3, 0.4) is 0 Å². The average Bonchev–Trinajstić information content (AvgIpc) is 2.62. The Balaban J connectivity index is 0.00000156. The Labute approximate surface area is 158 Å². The van der Waals surface area contributed by atoms with Crippen molar-refractivity contribution in [3.63, 3.8) is 0 Å². The molecule has 0 spiro atoms. The van der Waals surface area contributed by atoms with Gasteiger partial charge in [-0.25, -0.2) is 15.0 Å². The summed E-state index contributed by atoms with van der Waals surface area (Å²) in [6.45, 7) is 1.44. The van der Waals surface area contributed by atoms with Crippen molar-refractivity contribution in [3.8, 4) is 0 Å². The molecule has 1 unspecified atom stereocenters. The van der Waals surface area contributed by atoms with Crippen molar-refractivity contribution in [2.75, 3.05) is 25.0 Å². The van der Waals surface area contributed by atoms with Crippen molar-refractivity contribution >= 4 is 42.5 Å². The third-order valence-electron chi connectivity index (χ3n) is 3.83. The van der Waals surface area contributed by atoms with Crippen LogP contribution in [0.4, 0.5) is 11.8 Å². The predicted molar refractivity (Wildman–Crippen MR) is 99.5 cm³/mol. The molecule has 1 amide bonds. The van der Waals surface area contributed by atoms with E-state index in [1.807, 2.05) is 0 Å². The summed E-state index contributed by atoms with van der Waals surface area (Å²) in [6.07, 6.45) is 8.61. The first-order valence-electron chi connectivity index (χ1n) is 7.60. The van der Waals surface area contributed by atoms with E-state index in [2.05, 4.69) is 25.3 Å².